The number of anilines is 2. The molecule has 3 aromatic rings. The van der Waals surface area contributed by atoms with Crippen LogP contribution in [0, 0.1) is 0 Å². The molecule has 1 atom stereocenters. The zero-order chi connectivity index (χ0) is 23.3. The van der Waals surface area contributed by atoms with Crippen LogP contribution in [0.3, 0.4) is 0 Å². The molecule has 33 heavy (non-hydrogen) atoms. The molecule has 0 bridgehead atoms. The maximum atomic E-state index is 13.0. The second-order valence-corrected chi connectivity index (χ2v) is 10.5. The van der Waals surface area contributed by atoms with Gasteiger partial charge in [-0.2, -0.15) is 0 Å². The number of carbonyl (C=O) groups is 2. The molecule has 2 aliphatic rings. The van der Waals surface area contributed by atoms with Crippen molar-refractivity contribution in [3.8, 4) is 0 Å². The number of aliphatic hydroxyl groups is 1. The zero-order valence-corrected chi connectivity index (χ0v) is 18.7. The van der Waals surface area contributed by atoms with Crippen molar-refractivity contribution in [3.05, 3.63) is 65.7 Å². The van der Waals surface area contributed by atoms with Crippen molar-refractivity contribution in [2.45, 2.75) is 13.0 Å². The van der Waals surface area contributed by atoms with Gasteiger partial charge in [-0.1, -0.05) is 12.1 Å². The summed E-state index contributed by atoms with van der Waals surface area (Å²) >= 11 is 0. The molecule has 10 heteroatoms. The molecule has 1 amide bonds. The summed E-state index contributed by atoms with van der Waals surface area (Å²) in [6.07, 6.45) is 1.55. The molecule has 1 unspecified atom stereocenters. The number of imidazole rings is 1. The third-order valence-corrected chi connectivity index (χ3v) is 7.80. The van der Waals surface area contributed by atoms with Gasteiger partial charge >= 0.3 is 0 Å². The number of benzene rings is 2. The topological polar surface area (TPSA) is 124 Å². The normalized spacial score (nSPS) is 20.6. The average molecular weight is 467 g/mol. The molecule has 170 valence electrons. The summed E-state index contributed by atoms with van der Waals surface area (Å²) in [6.45, 7) is 2.16. The van der Waals surface area contributed by atoms with E-state index in [0.717, 1.165) is 16.7 Å². The molecule has 0 aliphatic carbocycles. The molecule has 9 nitrogen and oxygen atoms in total. The number of Topliss-reactive ketones (excluding diaryl/α,β-unsaturated/α-hetero) is 1. The third-order valence-electron chi connectivity index (χ3n) is 6.19. The second-order valence-electron chi connectivity index (χ2n) is 8.23. The maximum Gasteiger partial charge on any atom is 0.294 e. The fourth-order valence-corrected chi connectivity index (χ4v) is 5.66. The van der Waals surface area contributed by atoms with Gasteiger partial charge in [0.25, 0.3) is 5.91 Å². The van der Waals surface area contributed by atoms with Crippen LogP contribution in [0.2, 0.25) is 0 Å². The van der Waals surface area contributed by atoms with E-state index in [0.29, 0.717) is 24.3 Å². The molecule has 0 saturated carbocycles. The first-order valence-electron chi connectivity index (χ1n) is 10.5. The predicted molar refractivity (Wildman–Crippen MR) is 124 cm³/mol. The number of sulfone groups is 1. The van der Waals surface area contributed by atoms with Gasteiger partial charge < -0.3 is 15.0 Å². The lowest BCUT2D eigenvalue weighted by Gasteiger charge is -2.30. The molecular formula is C23H22N4O5S. The highest BCUT2D eigenvalue weighted by molar-refractivity contribution is 7.91. The van der Waals surface area contributed by atoms with Crippen molar-refractivity contribution in [2.24, 2.45) is 0 Å². The van der Waals surface area contributed by atoms with Crippen molar-refractivity contribution < 1.29 is 23.1 Å². The monoisotopic (exact) mass is 466 g/mol. The summed E-state index contributed by atoms with van der Waals surface area (Å²) in [5, 5.41) is 10.6. The number of aromatic amines is 1. The van der Waals surface area contributed by atoms with Gasteiger partial charge in [-0.25, -0.2) is 13.4 Å². The number of amides is 1. The van der Waals surface area contributed by atoms with Gasteiger partial charge in [-0.3, -0.25) is 14.5 Å². The van der Waals surface area contributed by atoms with Crippen LogP contribution in [0.5, 0.6) is 0 Å². The van der Waals surface area contributed by atoms with Gasteiger partial charge in [-0.05, 0) is 42.8 Å². The van der Waals surface area contributed by atoms with Crippen molar-refractivity contribution in [3.63, 3.8) is 0 Å². The second kappa shape index (κ2) is 7.73. The third kappa shape index (κ3) is 3.66. The molecule has 2 aromatic carbocycles. The predicted octanol–water partition coefficient (Wildman–Crippen LogP) is 2.29. The Morgan fingerprint density at radius 3 is 2.42 bits per heavy atom. The summed E-state index contributed by atoms with van der Waals surface area (Å²) in [6, 6.07) is 11.8. The van der Waals surface area contributed by atoms with Gasteiger partial charge in [0.15, 0.2) is 21.4 Å². The number of aromatic nitrogens is 2. The summed E-state index contributed by atoms with van der Waals surface area (Å²) in [5.41, 5.74) is 3.55. The number of aliphatic hydroxyl groups excluding tert-OH is 1. The van der Waals surface area contributed by atoms with Crippen LogP contribution >= 0.6 is 0 Å². The smallest absolute Gasteiger partial charge is 0.294 e. The van der Waals surface area contributed by atoms with Gasteiger partial charge in [0, 0.05) is 24.5 Å². The number of hydrogen-bond donors (Lipinski definition) is 2. The van der Waals surface area contributed by atoms with Crippen LogP contribution in [-0.4, -0.2) is 59.8 Å². The number of hydrogen-bond acceptors (Lipinski definition) is 7. The summed E-state index contributed by atoms with van der Waals surface area (Å²) < 4.78 is 23.4. The van der Waals surface area contributed by atoms with Crippen LogP contribution < -0.4 is 9.80 Å². The highest BCUT2D eigenvalue weighted by Crippen LogP contribution is 2.41. The maximum absolute atomic E-state index is 13.0. The molecule has 3 heterocycles. The van der Waals surface area contributed by atoms with Crippen LogP contribution in [0.4, 0.5) is 11.4 Å². The van der Waals surface area contributed by atoms with Gasteiger partial charge in [0.05, 0.1) is 40.5 Å². The number of H-pyrrole nitrogens is 1. The molecule has 5 rings (SSSR count). The highest BCUT2D eigenvalue weighted by atomic mass is 32.2. The van der Waals surface area contributed by atoms with E-state index in [2.05, 4.69) is 9.97 Å². The van der Waals surface area contributed by atoms with E-state index in [4.69, 9.17) is 0 Å². The summed E-state index contributed by atoms with van der Waals surface area (Å²) in [5.74, 6) is -1.36. The van der Waals surface area contributed by atoms with Crippen molar-refractivity contribution >= 4 is 43.9 Å². The van der Waals surface area contributed by atoms with E-state index in [1.165, 1.54) is 11.8 Å². The van der Waals surface area contributed by atoms with Crippen LogP contribution in [0.1, 0.15) is 18.5 Å². The van der Waals surface area contributed by atoms with E-state index in [1.54, 1.807) is 36.7 Å². The molecule has 1 fully saturated rings. The van der Waals surface area contributed by atoms with Gasteiger partial charge in [0.2, 0.25) is 0 Å². The van der Waals surface area contributed by atoms with E-state index in [9.17, 15) is 23.1 Å². The molecule has 2 aliphatic heterocycles. The van der Waals surface area contributed by atoms with E-state index in [1.807, 2.05) is 17.0 Å². The minimum absolute atomic E-state index is 0.0431. The average Bonchev–Trinajstić information content (AvgIpc) is 3.36. The molecule has 1 aromatic heterocycles. The Morgan fingerprint density at radius 1 is 1.09 bits per heavy atom. The van der Waals surface area contributed by atoms with Gasteiger partial charge in [0.1, 0.15) is 0 Å². The minimum Gasteiger partial charge on any atom is -0.503 e. The standard InChI is InChI=1S/C23H22N4O5S/c1-14(28)20-21(15-2-4-16(5-3-15)26-8-10-33(31,32)11-9-26)27(23(30)22(20)29)17-6-7-18-19(12-17)25-13-24-18/h2-7,12-13,21,29H,8-11H2,1H3,(H,24,25). The van der Waals surface area contributed by atoms with E-state index in [-0.39, 0.29) is 22.9 Å². The van der Waals surface area contributed by atoms with Crippen LogP contribution in [0.15, 0.2) is 60.1 Å². The van der Waals surface area contributed by atoms with Crippen LogP contribution in [-0.2, 0) is 19.4 Å². The van der Waals surface area contributed by atoms with Crippen molar-refractivity contribution in [1.82, 2.24) is 9.97 Å². The molecule has 0 spiro atoms. The lowest BCUT2D eigenvalue weighted by atomic mass is 9.96. The Kier molecular flexibility index (Phi) is 4.97. The zero-order valence-electron chi connectivity index (χ0n) is 17.9. The number of carbonyl (C=O) groups excluding carboxylic acids is 2. The first-order chi connectivity index (χ1) is 15.7. The lowest BCUT2D eigenvalue weighted by molar-refractivity contribution is -0.117. The molecule has 1 saturated heterocycles. The molecule has 2 N–H and O–H groups in total. The summed E-state index contributed by atoms with van der Waals surface area (Å²) in [4.78, 5) is 36.1. The fraction of sp³-hybridized carbons (Fsp3) is 0.261. The number of rotatable bonds is 4. The Bertz CT molecular complexity index is 1390. The molecular weight excluding hydrogens is 444 g/mol. The number of nitrogens with one attached hydrogen (secondary N) is 1. The largest absolute Gasteiger partial charge is 0.503 e. The summed E-state index contributed by atoms with van der Waals surface area (Å²) in [7, 11) is -2.99. The fourth-order valence-electron chi connectivity index (χ4n) is 4.46. The first kappa shape index (κ1) is 21.2. The quantitative estimate of drug-likeness (QED) is 0.605. The van der Waals surface area contributed by atoms with Crippen molar-refractivity contribution in [1.29, 1.82) is 0 Å². The van der Waals surface area contributed by atoms with E-state index >= 15 is 0 Å². The van der Waals surface area contributed by atoms with Crippen LogP contribution in [0.25, 0.3) is 11.0 Å². The molecule has 0 radical (unpaired) electrons. The Labute approximate surface area is 190 Å². The lowest BCUT2D eigenvalue weighted by Crippen LogP contribution is -2.40. The van der Waals surface area contributed by atoms with E-state index < -0.39 is 27.5 Å². The Hall–Kier alpha value is -3.66. The minimum atomic E-state index is -2.99. The highest BCUT2D eigenvalue weighted by Gasteiger charge is 2.43. The number of ketones is 1. The van der Waals surface area contributed by atoms with Crippen molar-refractivity contribution in [2.75, 3.05) is 34.4 Å². The number of nitrogens with zero attached hydrogens (tertiary/aromatic N) is 3. The Morgan fingerprint density at radius 2 is 1.76 bits per heavy atom. The van der Waals surface area contributed by atoms with Gasteiger partial charge in [-0.15, -0.1) is 0 Å². The first-order valence-corrected chi connectivity index (χ1v) is 12.3. The Balaban J connectivity index is 1.52. The number of fused-ring (bicyclic) bond motifs is 1. The SMILES string of the molecule is CC(=O)C1=C(O)C(=O)N(c2ccc3nc[nH]c3c2)C1c1ccc(N2CCS(=O)(=O)CC2)cc1.